The van der Waals surface area contributed by atoms with E-state index < -0.39 is 0 Å². The van der Waals surface area contributed by atoms with E-state index in [9.17, 15) is 4.79 Å². The molecule has 1 N–H and O–H groups in total. The van der Waals surface area contributed by atoms with Crippen LogP contribution in [0.4, 0.5) is 5.82 Å². The normalized spacial score (nSPS) is 10.2. The molecule has 0 radical (unpaired) electrons. The van der Waals surface area contributed by atoms with E-state index in [1.807, 2.05) is 6.92 Å². The first-order valence-electron chi connectivity index (χ1n) is 5.85. The summed E-state index contributed by atoms with van der Waals surface area (Å²) in [6, 6.07) is 8.48. The van der Waals surface area contributed by atoms with Crippen molar-refractivity contribution in [2.45, 2.75) is 6.92 Å². The molecule has 6 heteroatoms. The molecule has 1 aromatic carbocycles. The van der Waals surface area contributed by atoms with Crippen molar-refractivity contribution >= 4 is 34.9 Å². The first-order valence-corrected chi connectivity index (χ1v) is 6.60. The summed E-state index contributed by atoms with van der Waals surface area (Å²) in [5, 5.41) is 3.78. The van der Waals surface area contributed by atoms with E-state index in [-0.39, 0.29) is 12.5 Å². The Morgan fingerprint density at radius 3 is 2.75 bits per heavy atom. The van der Waals surface area contributed by atoms with Gasteiger partial charge in [0.2, 0.25) is 0 Å². The van der Waals surface area contributed by atoms with E-state index in [4.69, 9.17) is 27.9 Å². The molecule has 0 unspecified atom stereocenters. The molecule has 0 aliphatic heterocycles. The van der Waals surface area contributed by atoms with Gasteiger partial charge in [0.1, 0.15) is 11.6 Å². The highest BCUT2D eigenvalue weighted by Crippen LogP contribution is 2.21. The maximum Gasteiger partial charge on any atom is 0.263 e. The number of halogens is 2. The molecular weight excluding hydrogens is 299 g/mol. The molecule has 104 valence electrons. The Balaban J connectivity index is 1.88. The van der Waals surface area contributed by atoms with Crippen LogP contribution >= 0.6 is 23.2 Å². The molecule has 20 heavy (non-hydrogen) atoms. The molecule has 0 saturated carbocycles. The fourth-order valence-corrected chi connectivity index (χ4v) is 1.71. The molecule has 0 atom stereocenters. The molecule has 1 heterocycles. The van der Waals surface area contributed by atoms with Gasteiger partial charge in [-0.05, 0) is 42.8 Å². The smallest absolute Gasteiger partial charge is 0.263 e. The van der Waals surface area contributed by atoms with Gasteiger partial charge in [-0.15, -0.1) is 0 Å². The number of hydrogen-bond acceptors (Lipinski definition) is 3. The van der Waals surface area contributed by atoms with Crippen LogP contribution < -0.4 is 10.1 Å². The van der Waals surface area contributed by atoms with Gasteiger partial charge < -0.3 is 10.1 Å². The van der Waals surface area contributed by atoms with Crippen molar-refractivity contribution in [1.29, 1.82) is 0 Å². The minimum atomic E-state index is -0.299. The second-order valence-corrected chi connectivity index (χ2v) is 4.95. The number of nitrogens with one attached hydrogen (secondary N) is 1. The zero-order valence-electron chi connectivity index (χ0n) is 10.7. The fourth-order valence-electron chi connectivity index (χ4n) is 1.48. The number of amides is 1. The molecule has 0 aliphatic rings. The maximum absolute atomic E-state index is 11.7. The number of hydrogen-bond donors (Lipinski definition) is 1. The summed E-state index contributed by atoms with van der Waals surface area (Å²) in [6.45, 7) is 1.76. The molecule has 2 rings (SSSR count). The highest BCUT2D eigenvalue weighted by molar-refractivity contribution is 6.31. The SMILES string of the molecule is Cc1cc(OCC(=O)Nc2ccc(Cl)cn2)ccc1Cl. The fraction of sp³-hybridized carbons (Fsp3) is 0.143. The third kappa shape index (κ3) is 4.11. The van der Waals surface area contributed by atoms with Crippen molar-refractivity contribution in [3.63, 3.8) is 0 Å². The predicted molar refractivity (Wildman–Crippen MR) is 79.6 cm³/mol. The summed E-state index contributed by atoms with van der Waals surface area (Å²) in [5.41, 5.74) is 0.893. The van der Waals surface area contributed by atoms with Crippen LogP contribution in [0.5, 0.6) is 5.75 Å². The van der Waals surface area contributed by atoms with Gasteiger partial charge >= 0.3 is 0 Å². The van der Waals surface area contributed by atoms with Crippen LogP contribution in [0.25, 0.3) is 0 Å². The summed E-state index contributed by atoms with van der Waals surface area (Å²) in [5.74, 6) is 0.717. The van der Waals surface area contributed by atoms with E-state index in [1.165, 1.54) is 6.20 Å². The average molecular weight is 311 g/mol. The Morgan fingerprint density at radius 2 is 2.10 bits per heavy atom. The second kappa shape index (κ2) is 6.59. The average Bonchev–Trinajstić information content (AvgIpc) is 2.43. The molecule has 4 nitrogen and oxygen atoms in total. The molecule has 2 aromatic rings. The van der Waals surface area contributed by atoms with E-state index in [0.29, 0.717) is 21.6 Å². The molecule has 1 amide bonds. The van der Waals surface area contributed by atoms with Crippen LogP contribution in [0.15, 0.2) is 36.5 Å². The quantitative estimate of drug-likeness (QED) is 0.936. The van der Waals surface area contributed by atoms with Crippen molar-refractivity contribution in [2.75, 3.05) is 11.9 Å². The van der Waals surface area contributed by atoms with Gasteiger partial charge in [0.05, 0.1) is 5.02 Å². The Labute approximate surface area is 126 Å². The van der Waals surface area contributed by atoms with Gasteiger partial charge in [0, 0.05) is 11.2 Å². The number of anilines is 1. The van der Waals surface area contributed by atoms with Crippen molar-refractivity contribution in [2.24, 2.45) is 0 Å². The lowest BCUT2D eigenvalue weighted by atomic mass is 10.2. The first kappa shape index (κ1) is 14.6. The summed E-state index contributed by atoms with van der Waals surface area (Å²) in [6.07, 6.45) is 1.46. The monoisotopic (exact) mass is 310 g/mol. The van der Waals surface area contributed by atoms with E-state index in [2.05, 4.69) is 10.3 Å². The molecule has 1 aromatic heterocycles. The summed E-state index contributed by atoms with van der Waals surface area (Å²) in [4.78, 5) is 15.6. The van der Waals surface area contributed by atoms with Crippen molar-refractivity contribution in [1.82, 2.24) is 4.98 Å². The predicted octanol–water partition coefficient (Wildman–Crippen LogP) is 3.71. The van der Waals surface area contributed by atoms with Gasteiger partial charge in [-0.3, -0.25) is 4.79 Å². The Morgan fingerprint density at radius 1 is 1.30 bits per heavy atom. The number of rotatable bonds is 4. The van der Waals surface area contributed by atoms with Gasteiger partial charge in [-0.1, -0.05) is 23.2 Å². The van der Waals surface area contributed by atoms with Gasteiger partial charge in [0.25, 0.3) is 5.91 Å². The number of aryl methyl sites for hydroxylation is 1. The molecular formula is C14H12Cl2N2O2. The number of benzene rings is 1. The van der Waals surface area contributed by atoms with Crippen LogP contribution in [0.2, 0.25) is 10.0 Å². The zero-order valence-corrected chi connectivity index (χ0v) is 12.2. The highest BCUT2D eigenvalue weighted by Gasteiger charge is 2.05. The topological polar surface area (TPSA) is 51.2 Å². The lowest BCUT2D eigenvalue weighted by molar-refractivity contribution is -0.118. The standard InChI is InChI=1S/C14H12Cl2N2O2/c1-9-6-11(3-4-12(9)16)20-8-14(19)18-13-5-2-10(15)7-17-13/h2-7H,8H2,1H3,(H,17,18,19). The zero-order chi connectivity index (χ0) is 14.5. The molecule has 0 saturated heterocycles. The number of ether oxygens (including phenoxy) is 1. The van der Waals surface area contributed by atoms with E-state index in [0.717, 1.165) is 5.56 Å². The van der Waals surface area contributed by atoms with E-state index >= 15 is 0 Å². The van der Waals surface area contributed by atoms with E-state index in [1.54, 1.807) is 30.3 Å². The summed E-state index contributed by atoms with van der Waals surface area (Å²) in [7, 11) is 0. The molecule has 0 bridgehead atoms. The Bertz CT molecular complexity index is 615. The van der Waals surface area contributed by atoms with Crippen LogP contribution in [0.1, 0.15) is 5.56 Å². The number of pyridine rings is 1. The van der Waals surface area contributed by atoms with Crippen molar-refractivity contribution in [3.8, 4) is 5.75 Å². The number of aromatic nitrogens is 1. The van der Waals surface area contributed by atoms with Gasteiger partial charge in [-0.25, -0.2) is 4.98 Å². The minimum Gasteiger partial charge on any atom is -0.484 e. The molecule has 0 fully saturated rings. The van der Waals surface area contributed by atoms with Crippen LogP contribution in [-0.2, 0) is 4.79 Å². The minimum absolute atomic E-state index is 0.106. The van der Waals surface area contributed by atoms with Crippen molar-refractivity contribution < 1.29 is 9.53 Å². The van der Waals surface area contributed by atoms with Crippen LogP contribution in [-0.4, -0.2) is 17.5 Å². The maximum atomic E-state index is 11.7. The van der Waals surface area contributed by atoms with Crippen LogP contribution in [0, 0.1) is 6.92 Å². The summed E-state index contributed by atoms with van der Waals surface area (Å²) >= 11 is 11.6. The third-order valence-corrected chi connectivity index (χ3v) is 3.14. The number of carbonyl (C=O) groups is 1. The van der Waals surface area contributed by atoms with Crippen LogP contribution in [0.3, 0.4) is 0 Å². The number of nitrogens with zero attached hydrogens (tertiary/aromatic N) is 1. The first-order chi connectivity index (χ1) is 9.54. The third-order valence-electron chi connectivity index (χ3n) is 2.49. The Kier molecular flexibility index (Phi) is 4.82. The van der Waals surface area contributed by atoms with Gasteiger partial charge in [-0.2, -0.15) is 0 Å². The lowest BCUT2D eigenvalue weighted by Gasteiger charge is -2.08. The highest BCUT2D eigenvalue weighted by atomic mass is 35.5. The largest absolute Gasteiger partial charge is 0.484 e. The van der Waals surface area contributed by atoms with Gasteiger partial charge in [0.15, 0.2) is 6.61 Å². The lowest BCUT2D eigenvalue weighted by Crippen LogP contribution is -2.20. The molecule has 0 aliphatic carbocycles. The molecule has 0 spiro atoms. The van der Waals surface area contributed by atoms with Crippen molar-refractivity contribution in [3.05, 3.63) is 52.1 Å². The summed E-state index contributed by atoms with van der Waals surface area (Å²) < 4.78 is 5.38. The second-order valence-electron chi connectivity index (χ2n) is 4.11. The number of carbonyl (C=O) groups excluding carboxylic acids is 1. The Hall–Kier alpha value is -1.78.